The molecule has 2 N–H and O–H groups in total. The second-order valence-electron chi connectivity index (χ2n) is 8.48. The molecule has 5 rings (SSSR count). The second-order valence-corrected chi connectivity index (χ2v) is 9.83. The first-order chi connectivity index (χ1) is 17.0. The number of carbonyl (C=O) groups excluding carboxylic acids is 1. The van der Waals surface area contributed by atoms with Crippen molar-refractivity contribution in [2.75, 3.05) is 11.9 Å². The lowest BCUT2D eigenvalue weighted by Gasteiger charge is -2.17. The molecule has 1 amide bonds. The predicted octanol–water partition coefficient (Wildman–Crippen LogP) is 4.95. The molecular formula is C26H25FN6OS. The van der Waals surface area contributed by atoms with E-state index in [1.165, 1.54) is 12.1 Å². The number of hydrogen-bond acceptors (Lipinski definition) is 6. The zero-order valence-electron chi connectivity index (χ0n) is 19.4. The van der Waals surface area contributed by atoms with E-state index in [4.69, 9.17) is 0 Å². The summed E-state index contributed by atoms with van der Waals surface area (Å²) in [4.78, 5) is 27.4. The third-order valence-corrected chi connectivity index (χ3v) is 7.31. The van der Waals surface area contributed by atoms with E-state index in [0.29, 0.717) is 23.2 Å². The van der Waals surface area contributed by atoms with Crippen molar-refractivity contribution in [3.63, 3.8) is 0 Å². The summed E-state index contributed by atoms with van der Waals surface area (Å²) in [5, 5.41) is 6.62. The number of rotatable bonds is 7. The van der Waals surface area contributed by atoms with Crippen molar-refractivity contribution < 1.29 is 9.18 Å². The van der Waals surface area contributed by atoms with E-state index >= 15 is 0 Å². The minimum absolute atomic E-state index is 0.232. The van der Waals surface area contributed by atoms with Crippen LogP contribution < -0.4 is 10.6 Å². The van der Waals surface area contributed by atoms with Crippen LogP contribution >= 0.6 is 11.8 Å². The largest absolute Gasteiger partial charge is 0.368 e. The summed E-state index contributed by atoms with van der Waals surface area (Å²) in [7, 11) is 1.98. The monoisotopic (exact) mass is 488 g/mol. The van der Waals surface area contributed by atoms with Crippen molar-refractivity contribution in [3.05, 3.63) is 89.9 Å². The van der Waals surface area contributed by atoms with Gasteiger partial charge in [-0.05, 0) is 49.2 Å². The summed E-state index contributed by atoms with van der Waals surface area (Å²) in [6.45, 7) is 2.53. The van der Waals surface area contributed by atoms with Crippen molar-refractivity contribution >= 4 is 39.4 Å². The van der Waals surface area contributed by atoms with Crippen LogP contribution in [-0.2, 0) is 7.05 Å². The number of hydrogen-bond donors (Lipinski definition) is 2. The summed E-state index contributed by atoms with van der Waals surface area (Å²) in [6.07, 6.45) is 8.37. The number of benzene rings is 1. The maximum atomic E-state index is 13.2. The lowest BCUT2D eigenvalue weighted by atomic mass is 10.1. The van der Waals surface area contributed by atoms with Gasteiger partial charge >= 0.3 is 0 Å². The highest BCUT2D eigenvalue weighted by Gasteiger charge is 2.22. The SMILES string of the molecule is C[C@H](NC(=O)c1cccnc1NCC1CC=C(c2cc3c(cn2)ncn3C)S1)c1ccc(F)cc1. The van der Waals surface area contributed by atoms with E-state index in [-0.39, 0.29) is 17.8 Å². The van der Waals surface area contributed by atoms with Crippen LogP contribution in [-0.4, -0.2) is 37.2 Å². The zero-order chi connectivity index (χ0) is 24.4. The Morgan fingerprint density at radius 3 is 2.89 bits per heavy atom. The number of imidazole rings is 1. The van der Waals surface area contributed by atoms with Gasteiger partial charge in [0, 0.05) is 29.9 Å². The Balaban J connectivity index is 1.21. The fraction of sp³-hybridized carbons (Fsp3) is 0.231. The number of carbonyl (C=O) groups is 1. The van der Waals surface area contributed by atoms with Crippen molar-refractivity contribution in [3.8, 4) is 0 Å². The van der Waals surface area contributed by atoms with Gasteiger partial charge in [0.2, 0.25) is 0 Å². The Labute approximate surface area is 206 Å². The van der Waals surface area contributed by atoms with Gasteiger partial charge in [0.1, 0.15) is 17.2 Å². The van der Waals surface area contributed by atoms with Crippen LogP contribution in [0.3, 0.4) is 0 Å². The molecule has 3 aromatic heterocycles. The summed E-state index contributed by atoms with van der Waals surface area (Å²) in [5.74, 6) is 0.00513. The highest BCUT2D eigenvalue weighted by Crippen LogP contribution is 2.39. The van der Waals surface area contributed by atoms with Gasteiger partial charge in [-0.3, -0.25) is 9.78 Å². The minimum Gasteiger partial charge on any atom is -0.368 e. The van der Waals surface area contributed by atoms with Gasteiger partial charge in [-0.15, -0.1) is 11.8 Å². The van der Waals surface area contributed by atoms with E-state index < -0.39 is 0 Å². The number of pyridine rings is 2. The first-order valence-corrected chi connectivity index (χ1v) is 12.3. The fourth-order valence-electron chi connectivity index (χ4n) is 4.02. The molecule has 35 heavy (non-hydrogen) atoms. The second kappa shape index (κ2) is 9.87. The molecule has 1 aromatic carbocycles. The molecule has 2 atom stereocenters. The predicted molar refractivity (Wildman–Crippen MR) is 137 cm³/mol. The normalized spacial score (nSPS) is 16.2. The van der Waals surface area contributed by atoms with Crippen LogP contribution in [0.25, 0.3) is 15.9 Å². The van der Waals surface area contributed by atoms with Crippen LogP contribution in [0.2, 0.25) is 0 Å². The Morgan fingerprint density at radius 2 is 2.06 bits per heavy atom. The molecule has 1 unspecified atom stereocenters. The topological polar surface area (TPSA) is 84.7 Å². The molecule has 1 aliphatic heterocycles. The highest BCUT2D eigenvalue weighted by atomic mass is 32.2. The molecule has 0 aliphatic carbocycles. The first-order valence-electron chi connectivity index (χ1n) is 11.4. The lowest BCUT2D eigenvalue weighted by molar-refractivity contribution is 0.0940. The Hall–Kier alpha value is -3.72. The van der Waals surface area contributed by atoms with E-state index in [0.717, 1.165) is 33.6 Å². The third kappa shape index (κ3) is 5.05. The first kappa shape index (κ1) is 23.0. The number of thioether (sulfide) groups is 1. The molecule has 0 fully saturated rings. The van der Waals surface area contributed by atoms with Crippen LogP contribution in [0.5, 0.6) is 0 Å². The summed E-state index contributed by atoms with van der Waals surface area (Å²) in [6, 6.07) is 11.4. The number of allylic oxidation sites excluding steroid dienone is 1. The number of nitrogens with zero attached hydrogens (tertiary/aromatic N) is 4. The average Bonchev–Trinajstić information content (AvgIpc) is 3.50. The van der Waals surface area contributed by atoms with Crippen molar-refractivity contribution in [2.24, 2.45) is 7.05 Å². The third-order valence-electron chi connectivity index (χ3n) is 5.99. The van der Waals surface area contributed by atoms with E-state index in [1.807, 2.05) is 24.7 Å². The molecule has 7 nitrogen and oxygen atoms in total. The molecule has 0 radical (unpaired) electrons. The maximum absolute atomic E-state index is 13.2. The Kier molecular flexibility index (Phi) is 6.50. The molecule has 0 spiro atoms. The number of halogens is 1. The van der Waals surface area contributed by atoms with Gasteiger partial charge in [-0.1, -0.05) is 18.2 Å². The number of fused-ring (bicyclic) bond motifs is 1. The molecule has 0 saturated heterocycles. The summed E-state index contributed by atoms with van der Waals surface area (Å²) in [5.41, 5.74) is 4.18. The molecule has 178 valence electrons. The number of anilines is 1. The number of nitrogens with one attached hydrogen (secondary N) is 2. The zero-order valence-corrected chi connectivity index (χ0v) is 20.2. The van der Waals surface area contributed by atoms with E-state index in [2.05, 4.69) is 37.7 Å². The van der Waals surface area contributed by atoms with Gasteiger partial charge in [0.15, 0.2) is 0 Å². The summed E-state index contributed by atoms with van der Waals surface area (Å²) < 4.78 is 15.2. The molecule has 1 aliphatic rings. The fourth-order valence-corrected chi connectivity index (χ4v) is 5.16. The number of aromatic nitrogens is 4. The van der Waals surface area contributed by atoms with Gasteiger partial charge < -0.3 is 15.2 Å². The Bertz CT molecular complexity index is 1400. The number of aryl methyl sites for hydroxylation is 1. The lowest BCUT2D eigenvalue weighted by Crippen LogP contribution is -2.28. The van der Waals surface area contributed by atoms with Gasteiger partial charge in [-0.2, -0.15) is 0 Å². The molecule has 0 saturated carbocycles. The standard InChI is InChI=1S/C26H25FN6OS/c1-16(17-5-7-18(27)8-6-17)32-26(34)20-4-3-11-28-25(20)30-13-19-9-10-24(35-19)21-12-23-22(14-29-21)31-15-33(23)2/h3-8,10-12,14-16,19H,9,13H2,1-2H3,(H,28,30)(H,32,34)/t16-,19?/m0/s1. The van der Waals surface area contributed by atoms with Gasteiger partial charge in [0.05, 0.1) is 35.3 Å². The van der Waals surface area contributed by atoms with E-state index in [9.17, 15) is 9.18 Å². The molecule has 9 heteroatoms. The van der Waals surface area contributed by atoms with Crippen LogP contribution in [0.1, 0.15) is 41.0 Å². The van der Waals surface area contributed by atoms with Gasteiger partial charge in [-0.25, -0.2) is 14.4 Å². The van der Waals surface area contributed by atoms with Crippen molar-refractivity contribution in [1.29, 1.82) is 0 Å². The highest BCUT2D eigenvalue weighted by molar-refractivity contribution is 8.09. The van der Waals surface area contributed by atoms with Gasteiger partial charge in [0.25, 0.3) is 5.91 Å². The number of amides is 1. The molecular weight excluding hydrogens is 463 g/mol. The molecule has 4 aromatic rings. The summed E-state index contributed by atoms with van der Waals surface area (Å²) >= 11 is 1.77. The maximum Gasteiger partial charge on any atom is 0.255 e. The minimum atomic E-state index is -0.304. The Morgan fingerprint density at radius 1 is 1.23 bits per heavy atom. The van der Waals surface area contributed by atoms with Crippen LogP contribution in [0, 0.1) is 5.82 Å². The quantitative estimate of drug-likeness (QED) is 0.383. The van der Waals surface area contributed by atoms with Crippen molar-refractivity contribution in [2.45, 2.75) is 24.6 Å². The average molecular weight is 489 g/mol. The van der Waals surface area contributed by atoms with Crippen molar-refractivity contribution in [1.82, 2.24) is 24.8 Å². The molecule has 0 bridgehead atoms. The van der Waals surface area contributed by atoms with E-state index in [1.54, 1.807) is 48.6 Å². The van der Waals surface area contributed by atoms with Crippen LogP contribution in [0.15, 0.2) is 67.3 Å². The van der Waals surface area contributed by atoms with Crippen LogP contribution in [0.4, 0.5) is 10.2 Å². The smallest absolute Gasteiger partial charge is 0.255 e. The molecule has 4 heterocycles.